The van der Waals surface area contributed by atoms with E-state index in [2.05, 4.69) is 5.32 Å². The number of halogens is 1. The van der Waals surface area contributed by atoms with E-state index in [1.54, 1.807) is 0 Å². The van der Waals surface area contributed by atoms with Crippen molar-refractivity contribution in [3.63, 3.8) is 0 Å². The van der Waals surface area contributed by atoms with Crippen molar-refractivity contribution in [2.75, 3.05) is 7.11 Å². The summed E-state index contributed by atoms with van der Waals surface area (Å²) >= 11 is 6.12. The fourth-order valence-electron chi connectivity index (χ4n) is 3.06. The van der Waals surface area contributed by atoms with Crippen molar-refractivity contribution in [3.8, 4) is 0 Å². The Kier molecular flexibility index (Phi) is 4.93. The summed E-state index contributed by atoms with van der Waals surface area (Å²) in [6, 6.07) is 1.38. The lowest BCUT2D eigenvalue weighted by molar-refractivity contribution is 0.0559. The van der Waals surface area contributed by atoms with Gasteiger partial charge in [-0.25, -0.2) is 0 Å². The molecule has 0 bridgehead atoms. The van der Waals surface area contributed by atoms with Gasteiger partial charge in [-0.05, 0) is 51.4 Å². The molecule has 1 N–H and O–H groups in total. The van der Waals surface area contributed by atoms with Gasteiger partial charge in [0.25, 0.3) is 0 Å². The quantitative estimate of drug-likeness (QED) is 0.772. The van der Waals surface area contributed by atoms with Crippen LogP contribution in [0.2, 0.25) is 0 Å². The molecule has 2 nitrogen and oxygen atoms in total. The Labute approximate surface area is 104 Å². The topological polar surface area (TPSA) is 21.3 Å². The number of nitrogens with one attached hydrogen (secondary N) is 1. The van der Waals surface area contributed by atoms with Crippen LogP contribution in [0.5, 0.6) is 0 Å². The van der Waals surface area contributed by atoms with Crippen LogP contribution in [0.15, 0.2) is 0 Å². The predicted octanol–water partition coefficient (Wildman–Crippen LogP) is 3.08. The standard InChI is InChI=1S/C13H24ClNO/c1-16-13-4-2-3-12(9-13)15-11-7-5-10(14)6-8-11/h10-13,15H,2-9H2,1H3. The fourth-order valence-corrected chi connectivity index (χ4v) is 3.32. The monoisotopic (exact) mass is 245 g/mol. The van der Waals surface area contributed by atoms with Crippen molar-refractivity contribution in [1.29, 1.82) is 0 Å². The van der Waals surface area contributed by atoms with Crippen molar-refractivity contribution < 1.29 is 4.74 Å². The number of ether oxygens (including phenoxy) is 1. The molecule has 2 rings (SSSR count). The van der Waals surface area contributed by atoms with Gasteiger partial charge in [0, 0.05) is 24.6 Å². The van der Waals surface area contributed by atoms with E-state index in [0.717, 1.165) is 0 Å². The van der Waals surface area contributed by atoms with Crippen molar-refractivity contribution in [3.05, 3.63) is 0 Å². The Morgan fingerprint density at radius 3 is 2.44 bits per heavy atom. The van der Waals surface area contributed by atoms with Gasteiger partial charge in [0.1, 0.15) is 0 Å². The van der Waals surface area contributed by atoms with Crippen LogP contribution in [-0.2, 0) is 4.74 Å². The predicted molar refractivity (Wildman–Crippen MR) is 68.1 cm³/mol. The third-order valence-electron chi connectivity index (χ3n) is 4.09. The van der Waals surface area contributed by atoms with Crippen LogP contribution in [0.3, 0.4) is 0 Å². The summed E-state index contributed by atoms with van der Waals surface area (Å²) in [6.45, 7) is 0. The lowest BCUT2D eigenvalue weighted by Gasteiger charge is -2.34. The largest absolute Gasteiger partial charge is 0.381 e. The summed E-state index contributed by atoms with van der Waals surface area (Å²) < 4.78 is 5.47. The third kappa shape index (κ3) is 3.61. The Hall–Kier alpha value is 0.210. The zero-order chi connectivity index (χ0) is 11.4. The third-order valence-corrected chi connectivity index (χ3v) is 4.52. The number of hydrogen-bond acceptors (Lipinski definition) is 2. The van der Waals surface area contributed by atoms with Gasteiger partial charge < -0.3 is 10.1 Å². The molecule has 16 heavy (non-hydrogen) atoms. The second-order valence-electron chi connectivity index (χ2n) is 5.34. The Morgan fingerprint density at radius 2 is 1.75 bits per heavy atom. The highest BCUT2D eigenvalue weighted by Gasteiger charge is 2.26. The van der Waals surface area contributed by atoms with Gasteiger partial charge in [-0.15, -0.1) is 11.6 Å². The number of alkyl halides is 1. The second kappa shape index (κ2) is 6.23. The molecular formula is C13H24ClNO. The highest BCUT2D eigenvalue weighted by atomic mass is 35.5. The molecule has 0 aliphatic heterocycles. The molecule has 2 aliphatic carbocycles. The molecule has 0 spiro atoms. The molecule has 3 heteroatoms. The number of hydrogen-bond donors (Lipinski definition) is 1. The zero-order valence-electron chi connectivity index (χ0n) is 10.3. The molecule has 0 radical (unpaired) electrons. The van der Waals surface area contributed by atoms with E-state index in [1.807, 2.05) is 7.11 Å². The summed E-state index contributed by atoms with van der Waals surface area (Å²) in [6.07, 6.45) is 10.4. The Bertz CT molecular complexity index is 204. The molecule has 0 aromatic heterocycles. The first-order chi connectivity index (χ1) is 7.78. The number of rotatable bonds is 3. The van der Waals surface area contributed by atoms with Gasteiger partial charge in [-0.1, -0.05) is 0 Å². The minimum Gasteiger partial charge on any atom is -0.381 e. The summed E-state index contributed by atoms with van der Waals surface area (Å²) in [4.78, 5) is 0. The molecule has 2 atom stereocenters. The van der Waals surface area contributed by atoms with Crippen molar-refractivity contribution in [2.45, 2.75) is 74.9 Å². The molecule has 0 saturated heterocycles. The lowest BCUT2D eigenvalue weighted by atomic mass is 9.89. The molecule has 2 aliphatic rings. The second-order valence-corrected chi connectivity index (χ2v) is 5.95. The minimum atomic E-state index is 0.427. The van der Waals surface area contributed by atoms with Crippen molar-refractivity contribution >= 4 is 11.6 Å². The molecule has 0 aromatic rings. The molecule has 0 aromatic carbocycles. The highest BCUT2D eigenvalue weighted by Crippen LogP contribution is 2.26. The average Bonchev–Trinajstić information content (AvgIpc) is 2.32. The molecule has 2 saturated carbocycles. The first kappa shape index (κ1) is 12.7. The molecule has 0 heterocycles. The van der Waals surface area contributed by atoms with E-state index in [0.29, 0.717) is 23.6 Å². The van der Waals surface area contributed by atoms with E-state index in [1.165, 1.54) is 51.4 Å². The normalized spacial score (nSPS) is 40.9. The SMILES string of the molecule is COC1CCCC(NC2CCC(Cl)CC2)C1. The Balaban J connectivity index is 1.72. The van der Waals surface area contributed by atoms with Crippen LogP contribution in [-0.4, -0.2) is 30.7 Å². The van der Waals surface area contributed by atoms with Gasteiger partial charge in [-0.2, -0.15) is 0 Å². The first-order valence-electron chi connectivity index (χ1n) is 6.71. The maximum Gasteiger partial charge on any atom is 0.0586 e. The van der Waals surface area contributed by atoms with E-state index in [4.69, 9.17) is 16.3 Å². The summed E-state index contributed by atoms with van der Waals surface area (Å²) in [5.74, 6) is 0. The van der Waals surface area contributed by atoms with E-state index in [9.17, 15) is 0 Å². The highest BCUT2D eigenvalue weighted by molar-refractivity contribution is 6.20. The molecule has 94 valence electrons. The molecule has 2 unspecified atom stereocenters. The van der Waals surface area contributed by atoms with Gasteiger partial charge in [0.2, 0.25) is 0 Å². The summed E-state index contributed by atoms with van der Waals surface area (Å²) in [7, 11) is 1.84. The van der Waals surface area contributed by atoms with Crippen LogP contribution in [0.25, 0.3) is 0 Å². The summed E-state index contributed by atoms with van der Waals surface area (Å²) in [5, 5.41) is 4.23. The van der Waals surface area contributed by atoms with Gasteiger partial charge >= 0.3 is 0 Å². The van der Waals surface area contributed by atoms with Crippen LogP contribution < -0.4 is 5.32 Å². The van der Waals surface area contributed by atoms with E-state index < -0.39 is 0 Å². The molecular weight excluding hydrogens is 222 g/mol. The Morgan fingerprint density at radius 1 is 1.00 bits per heavy atom. The van der Waals surface area contributed by atoms with Gasteiger partial charge in [0.15, 0.2) is 0 Å². The van der Waals surface area contributed by atoms with E-state index in [-0.39, 0.29) is 0 Å². The average molecular weight is 246 g/mol. The van der Waals surface area contributed by atoms with Crippen LogP contribution in [0.1, 0.15) is 51.4 Å². The fraction of sp³-hybridized carbons (Fsp3) is 1.00. The van der Waals surface area contributed by atoms with Crippen molar-refractivity contribution in [2.24, 2.45) is 0 Å². The van der Waals surface area contributed by atoms with E-state index >= 15 is 0 Å². The van der Waals surface area contributed by atoms with Crippen LogP contribution >= 0.6 is 11.6 Å². The van der Waals surface area contributed by atoms with Crippen LogP contribution in [0, 0.1) is 0 Å². The van der Waals surface area contributed by atoms with Gasteiger partial charge in [0.05, 0.1) is 6.10 Å². The van der Waals surface area contributed by atoms with Gasteiger partial charge in [-0.3, -0.25) is 0 Å². The first-order valence-corrected chi connectivity index (χ1v) is 7.14. The lowest BCUT2D eigenvalue weighted by Crippen LogP contribution is -2.44. The molecule has 0 amide bonds. The van der Waals surface area contributed by atoms with Crippen LogP contribution in [0.4, 0.5) is 0 Å². The minimum absolute atomic E-state index is 0.427. The van der Waals surface area contributed by atoms with Crippen molar-refractivity contribution in [1.82, 2.24) is 5.32 Å². The maximum atomic E-state index is 6.12. The number of methoxy groups -OCH3 is 1. The smallest absolute Gasteiger partial charge is 0.0586 e. The zero-order valence-corrected chi connectivity index (χ0v) is 11.0. The summed E-state index contributed by atoms with van der Waals surface area (Å²) in [5.41, 5.74) is 0. The maximum absolute atomic E-state index is 6.12. The molecule has 2 fully saturated rings.